The lowest BCUT2D eigenvalue weighted by Gasteiger charge is -2.57. The van der Waals surface area contributed by atoms with Gasteiger partial charge in [0.1, 0.15) is 12.6 Å². The predicted molar refractivity (Wildman–Crippen MR) is 62.2 cm³/mol. The molecule has 6 nitrogen and oxygen atoms in total. The minimum Gasteiger partial charge on any atom is -0.480 e. The van der Waals surface area contributed by atoms with Crippen LogP contribution >= 0.6 is 0 Å². The van der Waals surface area contributed by atoms with E-state index in [9.17, 15) is 9.59 Å². The average molecular weight is 255 g/mol. The van der Waals surface area contributed by atoms with Gasteiger partial charge in [0.25, 0.3) is 0 Å². The Morgan fingerprint density at radius 1 is 1.50 bits per heavy atom. The summed E-state index contributed by atoms with van der Waals surface area (Å²) in [6.07, 6.45) is 2.70. The molecule has 1 N–H and O–H groups in total. The van der Waals surface area contributed by atoms with E-state index in [2.05, 4.69) is 6.58 Å². The van der Waals surface area contributed by atoms with Crippen LogP contribution in [-0.4, -0.2) is 53.5 Å². The van der Waals surface area contributed by atoms with Crippen LogP contribution in [-0.2, 0) is 14.3 Å². The number of nitrogens with zero attached hydrogens (tertiary/aromatic N) is 1. The molecule has 0 saturated carbocycles. The minimum absolute atomic E-state index is 0.0915. The number of rotatable bonds is 3. The van der Waals surface area contributed by atoms with Crippen LogP contribution in [0.25, 0.3) is 0 Å². The lowest BCUT2D eigenvalue weighted by atomic mass is 9.73. The Kier molecular flexibility index (Phi) is 3.56. The van der Waals surface area contributed by atoms with Crippen LogP contribution in [0.2, 0.25) is 0 Å². The second kappa shape index (κ2) is 4.97. The molecular weight excluding hydrogens is 238 g/mol. The Morgan fingerprint density at radius 3 is 2.72 bits per heavy atom. The van der Waals surface area contributed by atoms with Crippen LogP contribution in [0.5, 0.6) is 0 Å². The van der Waals surface area contributed by atoms with Gasteiger partial charge in [-0.1, -0.05) is 12.7 Å². The monoisotopic (exact) mass is 255 g/mol. The van der Waals surface area contributed by atoms with Crippen molar-refractivity contribution in [3.8, 4) is 0 Å². The molecule has 2 aliphatic heterocycles. The van der Waals surface area contributed by atoms with Crippen LogP contribution in [0.15, 0.2) is 12.7 Å². The Labute approximate surface area is 105 Å². The molecule has 1 amide bonds. The Bertz CT molecular complexity index is 361. The molecule has 2 aliphatic rings. The van der Waals surface area contributed by atoms with Crippen molar-refractivity contribution in [2.24, 2.45) is 0 Å². The van der Waals surface area contributed by atoms with E-state index in [1.807, 2.05) is 0 Å². The maximum absolute atomic E-state index is 11.9. The fourth-order valence-corrected chi connectivity index (χ4v) is 2.68. The number of carboxylic acids is 1. The quantitative estimate of drug-likeness (QED) is 0.762. The SMILES string of the molecule is C=CCOC(=O)N1C(C(=O)O)CC12CCOCC2. The van der Waals surface area contributed by atoms with Gasteiger partial charge in [-0.2, -0.15) is 0 Å². The molecular formula is C12H17NO5. The molecule has 2 rings (SSSR count). The largest absolute Gasteiger partial charge is 0.480 e. The van der Waals surface area contributed by atoms with Gasteiger partial charge in [-0.05, 0) is 12.8 Å². The molecule has 0 aromatic carbocycles. The molecule has 0 radical (unpaired) electrons. The number of likely N-dealkylation sites (tertiary alicyclic amines) is 1. The summed E-state index contributed by atoms with van der Waals surface area (Å²) in [6.45, 7) is 4.66. The zero-order valence-corrected chi connectivity index (χ0v) is 10.1. The van der Waals surface area contributed by atoms with Gasteiger partial charge in [-0.25, -0.2) is 9.59 Å². The number of ether oxygens (including phenoxy) is 2. The standard InChI is InChI=1S/C12H17NO5/c1-2-5-18-11(16)13-9(10(14)15)8-12(13)3-6-17-7-4-12/h2,9H,1,3-8H2,(H,14,15). The Hall–Kier alpha value is -1.56. The van der Waals surface area contributed by atoms with E-state index in [4.69, 9.17) is 14.6 Å². The van der Waals surface area contributed by atoms with Crippen LogP contribution < -0.4 is 0 Å². The maximum Gasteiger partial charge on any atom is 0.411 e. The highest BCUT2D eigenvalue weighted by Gasteiger charge is 2.58. The van der Waals surface area contributed by atoms with Crippen molar-refractivity contribution in [3.05, 3.63) is 12.7 Å². The van der Waals surface area contributed by atoms with Crippen molar-refractivity contribution in [3.63, 3.8) is 0 Å². The minimum atomic E-state index is -0.984. The normalized spacial score (nSPS) is 25.3. The first-order chi connectivity index (χ1) is 8.60. The van der Waals surface area contributed by atoms with Crippen LogP contribution in [0.3, 0.4) is 0 Å². The van der Waals surface area contributed by atoms with Crippen LogP contribution in [0.1, 0.15) is 19.3 Å². The van der Waals surface area contributed by atoms with E-state index in [0.29, 0.717) is 32.5 Å². The molecule has 18 heavy (non-hydrogen) atoms. The van der Waals surface area contributed by atoms with Gasteiger partial charge in [0, 0.05) is 19.6 Å². The molecule has 0 aliphatic carbocycles. The summed E-state index contributed by atoms with van der Waals surface area (Å²) < 4.78 is 10.2. The molecule has 2 fully saturated rings. The van der Waals surface area contributed by atoms with E-state index in [0.717, 1.165) is 0 Å². The Balaban J connectivity index is 2.10. The van der Waals surface area contributed by atoms with Gasteiger partial charge in [0.2, 0.25) is 0 Å². The number of carbonyl (C=O) groups excluding carboxylic acids is 1. The summed E-state index contributed by atoms with van der Waals surface area (Å²) in [5.41, 5.74) is -0.389. The first-order valence-corrected chi connectivity index (χ1v) is 5.98. The maximum atomic E-state index is 11.9. The van der Waals surface area contributed by atoms with E-state index >= 15 is 0 Å². The van der Waals surface area contributed by atoms with E-state index in [1.54, 1.807) is 0 Å². The van der Waals surface area contributed by atoms with Crippen molar-refractivity contribution in [1.29, 1.82) is 0 Å². The van der Waals surface area contributed by atoms with Crippen molar-refractivity contribution in [2.45, 2.75) is 30.8 Å². The molecule has 2 heterocycles. The summed E-state index contributed by atoms with van der Waals surface area (Å²) in [4.78, 5) is 24.4. The topological polar surface area (TPSA) is 76.1 Å². The molecule has 0 aromatic rings. The fraction of sp³-hybridized carbons (Fsp3) is 0.667. The summed E-state index contributed by atoms with van der Waals surface area (Å²) in [5, 5.41) is 9.09. The molecule has 100 valence electrons. The van der Waals surface area contributed by atoms with Gasteiger partial charge in [0.15, 0.2) is 0 Å². The van der Waals surface area contributed by atoms with Crippen molar-refractivity contribution < 1.29 is 24.2 Å². The second-order valence-corrected chi connectivity index (χ2v) is 4.63. The Morgan fingerprint density at radius 2 is 2.17 bits per heavy atom. The highest BCUT2D eigenvalue weighted by Crippen LogP contribution is 2.44. The third-order valence-corrected chi connectivity index (χ3v) is 3.63. The number of hydrogen-bond donors (Lipinski definition) is 1. The summed E-state index contributed by atoms with van der Waals surface area (Å²) in [6, 6.07) is -0.777. The average Bonchev–Trinajstić information content (AvgIpc) is 2.34. The highest BCUT2D eigenvalue weighted by molar-refractivity contribution is 5.83. The van der Waals surface area contributed by atoms with Gasteiger partial charge in [-0.15, -0.1) is 0 Å². The van der Waals surface area contributed by atoms with Gasteiger partial charge < -0.3 is 14.6 Å². The smallest absolute Gasteiger partial charge is 0.411 e. The first-order valence-electron chi connectivity index (χ1n) is 5.98. The number of aliphatic carboxylic acids is 1. The van der Waals surface area contributed by atoms with Gasteiger partial charge >= 0.3 is 12.1 Å². The number of hydrogen-bond acceptors (Lipinski definition) is 4. The third kappa shape index (κ3) is 2.08. The van der Waals surface area contributed by atoms with Gasteiger partial charge in [-0.3, -0.25) is 4.90 Å². The third-order valence-electron chi connectivity index (χ3n) is 3.63. The van der Waals surface area contributed by atoms with E-state index < -0.39 is 18.1 Å². The van der Waals surface area contributed by atoms with E-state index in [1.165, 1.54) is 11.0 Å². The summed E-state index contributed by atoms with van der Waals surface area (Å²) >= 11 is 0. The van der Waals surface area contributed by atoms with Crippen molar-refractivity contribution in [1.82, 2.24) is 4.90 Å². The fourth-order valence-electron chi connectivity index (χ4n) is 2.68. The molecule has 6 heteroatoms. The molecule has 0 aromatic heterocycles. The lowest BCUT2D eigenvalue weighted by Crippen LogP contribution is -2.71. The molecule has 1 atom stereocenters. The number of amides is 1. The van der Waals surface area contributed by atoms with Crippen molar-refractivity contribution >= 4 is 12.1 Å². The zero-order valence-electron chi connectivity index (χ0n) is 10.1. The molecule has 1 unspecified atom stereocenters. The van der Waals surface area contributed by atoms with Gasteiger partial charge in [0.05, 0.1) is 5.54 Å². The first kappa shape index (κ1) is 12.9. The number of carboxylic acid groups (broad SMARTS) is 1. The molecule has 2 saturated heterocycles. The van der Waals surface area contributed by atoms with Crippen LogP contribution in [0, 0.1) is 0 Å². The summed E-state index contributed by atoms with van der Waals surface area (Å²) in [7, 11) is 0. The molecule has 1 spiro atoms. The lowest BCUT2D eigenvalue weighted by molar-refractivity contribution is -0.166. The zero-order chi connectivity index (χ0) is 13.2. The second-order valence-electron chi connectivity index (χ2n) is 4.63. The molecule has 0 bridgehead atoms. The van der Waals surface area contributed by atoms with Crippen LogP contribution in [0.4, 0.5) is 4.79 Å². The summed E-state index contributed by atoms with van der Waals surface area (Å²) in [5.74, 6) is -0.984. The van der Waals surface area contributed by atoms with E-state index in [-0.39, 0.29) is 12.1 Å². The number of carbonyl (C=O) groups is 2. The predicted octanol–water partition coefficient (Wildman–Crippen LogP) is 1.02. The highest BCUT2D eigenvalue weighted by atomic mass is 16.6. The van der Waals surface area contributed by atoms with Crippen molar-refractivity contribution in [2.75, 3.05) is 19.8 Å².